The van der Waals surface area contributed by atoms with Crippen LogP contribution in [0.25, 0.3) is 0 Å². The molecule has 1 amide bonds. The number of halogens is 1. The minimum Gasteiger partial charge on any atom is -0.438 e. The van der Waals surface area contributed by atoms with Gasteiger partial charge in [0, 0.05) is 10.7 Å². The number of anilines is 1. The molecule has 0 aliphatic heterocycles. The van der Waals surface area contributed by atoms with Crippen LogP contribution >= 0.6 is 11.6 Å². The summed E-state index contributed by atoms with van der Waals surface area (Å²) in [5, 5.41) is 3.29. The van der Waals surface area contributed by atoms with Gasteiger partial charge >= 0.3 is 0 Å². The molecule has 1 heterocycles. The number of carbonyl (C=O) groups excluding carboxylic acids is 1. The van der Waals surface area contributed by atoms with E-state index in [4.69, 9.17) is 16.0 Å². The summed E-state index contributed by atoms with van der Waals surface area (Å²) in [5.41, 5.74) is 1.27. The number of nitrogens with one attached hydrogen (secondary N) is 1. The Kier molecular flexibility index (Phi) is 3.67. The molecule has 1 aromatic heterocycles. The number of oxazole rings is 1. The van der Waals surface area contributed by atoms with Crippen molar-refractivity contribution in [2.75, 3.05) is 5.32 Å². The maximum Gasteiger partial charge on any atom is 0.293 e. The standard InChI is InChI=1S/C13H13ClN2O2/c1-8(2)11-12(18-7-15-11)13(17)16-10-5-3-4-9(14)6-10/h3-8H,1-2H3,(H,16,17). The number of hydrogen-bond acceptors (Lipinski definition) is 3. The summed E-state index contributed by atoms with van der Waals surface area (Å²) in [6.07, 6.45) is 1.28. The second kappa shape index (κ2) is 5.23. The smallest absolute Gasteiger partial charge is 0.293 e. The summed E-state index contributed by atoms with van der Waals surface area (Å²) < 4.78 is 5.13. The predicted octanol–water partition coefficient (Wildman–Crippen LogP) is 3.70. The zero-order valence-corrected chi connectivity index (χ0v) is 10.9. The van der Waals surface area contributed by atoms with E-state index in [9.17, 15) is 4.79 Å². The predicted molar refractivity (Wildman–Crippen MR) is 70.0 cm³/mol. The highest BCUT2D eigenvalue weighted by Crippen LogP contribution is 2.20. The van der Waals surface area contributed by atoms with Crippen molar-refractivity contribution in [3.63, 3.8) is 0 Å². The van der Waals surface area contributed by atoms with Crippen LogP contribution in [0.4, 0.5) is 5.69 Å². The molecule has 1 aromatic carbocycles. The third-order valence-corrected chi connectivity index (χ3v) is 2.67. The molecular formula is C13H13ClN2O2. The zero-order valence-electron chi connectivity index (χ0n) is 10.1. The van der Waals surface area contributed by atoms with Crippen LogP contribution in [0.3, 0.4) is 0 Å². The zero-order chi connectivity index (χ0) is 13.1. The van der Waals surface area contributed by atoms with E-state index in [2.05, 4.69) is 10.3 Å². The fourth-order valence-corrected chi connectivity index (χ4v) is 1.78. The Labute approximate surface area is 110 Å². The molecule has 0 radical (unpaired) electrons. The molecular weight excluding hydrogens is 252 g/mol. The maximum absolute atomic E-state index is 12.0. The van der Waals surface area contributed by atoms with E-state index in [0.29, 0.717) is 16.4 Å². The molecule has 94 valence electrons. The molecule has 2 rings (SSSR count). The van der Waals surface area contributed by atoms with Crippen LogP contribution in [0.15, 0.2) is 35.1 Å². The number of nitrogens with zero attached hydrogens (tertiary/aromatic N) is 1. The van der Waals surface area contributed by atoms with Crippen molar-refractivity contribution < 1.29 is 9.21 Å². The number of amides is 1. The van der Waals surface area contributed by atoms with Crippen molar-refractivity contribution >= 4 is 23.2 Å². The lowest BCUT2D eigenvalue weighted by molar-refractivity contribution is 0.0995. The third-order valence-electron chi connectivity index (χ3n) is 2.43. The average Bonchev–Trinajstić information content (AvgIpc) is 2.77. The minimum atomic E-state index is -0.321. The molecule has 5 heteroatoms. The topological polar surface area (TPSA) is 55.1 Å². The van der Waals surface area contributed by atoms with Crippen molar-refractivity contribution in [1.29, 1.82) is 0 Å². The Morgan fingerprint density at radius 2 is 2.22 bits per heavy atom. The second-order valence-corrected chi connectivity index (χ2v) is 4.62. The first kappa shape index (κ1) is 12.6. The minimum absolute atomic E-state index is 0.129. The molecule has 4 nitrogen and oxygen atoms in total. The maximum atomic E-state index is 12.0. The number of hydrogen-bond donors (Lipinski definition) is 1. The average molecular weight is 265 g/mol. The quantitative estimate of drug-likeness (QED) is 0.919. The van der Waals surface area contributed by atoms with Crippen LogP contribution in [0.1, 0.15) is 36.0 Å². The summed E-state index contributed by atoms with van der Waals surface area (Å²) in [7, 11) is 0. The molecule has 18 heavy (non-hydrogen) atoms. The number of carbonyl (C=O) groups is 1. The van der Waals surface area contributed by atoms with Crippen molar-refractivity contribution in [3.8, 4) is 0 Å². The van der Waals surface area contributed by atoms with Gasteiger partial charge in [-0.05, 0) is 24.1 Å². The highest BCUT2D eigenvalue weighted by atomic mass is 35.5. The highest BCUT2D eigenvalue weighted by molar-refractivity contribution is 6.30. The number of rotatable bonds is 3. The van der Waals surface area contributed by atoms with Gasteiger partial charge in [0.1, 0.15) is 0 Å². The van der Waals surface area contributed by atoms with E-state index in [-0.39, 0.29) is 17.6 Å². The first-order valence-electron chi connectivity index (χ1n) is 5.58. The lowest BCUT2D eigenvalue weighted by atomic mass is 10.1. The molecule has 0 bridgehead atoms. The van der Waals surface area contributed by atoms with Crippen LogP contribution in [0, 0.1) is 0 Å². The van der Waals surface area contributed by atoms with E-state index >= 15 is 0 Å². The van der Waals surface area contributed by atoms with Gasteiger partial charge in [-0.3, -0.25) is 4.79 Å². The molecule has 0 fully saturated rings. The molecule has 0 saturated heterocycles. The molecule has 1 N–H and O–H groups in total. The largest absolute Gasteiger partial charge is 0.438 e. The highest BCUT2D eigenvalue weighted by Gasteiger charge is 2.19. The first-order chi connectivity index (χ1) is 8.58. The van der Waals surface area contributed by atoms with E-state index in [1.54, 1.807) is 24.3 Å². The fourth-order valence-electron chi connectivity index (χ4n) is 1.59. The van der Waals surface area contributed by atoms with Crippen LogP contribution in [0.2, 0.25) is 5.02 Å². The van der Waals surface area contributed by atoms with Gasteiger partial charge in [-0.2, -0.15) is 0 Å². The molecule has 0 spiro atoms. The van der Waals surface area contributed by atoms with Crippen molar-refractivity contribution in [2.24, 2.45) is 0 Å². The van der Waals surface area contributed by atoms with Gasteiger partial charge in [-0.25, -0.2) is 4.98 Å². The summed E-state index contributed by atoms with van der Waals surface area (Å²) in [6, 6.07) is 6.94. The van der Waals surface area contributed by atoms with Crippen molar-refractivity contribution in [3.05, 3.63) is 47.1 Å². The summed E-state index contributed by atoms with van der Waals surface area (Å²) >= 11 is 5.85. The van der Waals surface area contributed by atoms with Crippen LogP contribution in [-0.2, 0) is 0 Å². The van der Waals surface area contributed by atoms with Gasteiger partial charge in [0.15, 0.2) is 6.39 Å². The summed E-state index contributed by atoms with van der Waals surface area (Å²) in [6.45, 7) is 3.90. The SMILES string of the molecule is CC(C)c1ncoc1C(=O)Nc1cccc(Cl)c1. The van der Waals surface area contributed by atoms with E-state index in [1.165, 1.54) is 6.39 Å². The first-order valence-corrected chi connectivity index (χ1v) is 5.96. The van der Waals surface area contributed by atoms with Gasteiger partial charge in [0.05, 0.1) is 5.69 Å². The van der Waals surface area contributed by atoms with Crippen LogP contribution < -0.4 is 5.32 Å². The van der Waals surface area contributed by atoms with Crippen LogP contribution in [-0.4, -0.2) is 10.9 Å². The third kappa shape index (κ3) is 2.71. The summed E-state index contributed by atoms with van der Waals surface area (Å²) in [4.78, 5) is 16.1. The molecule has 0 saturated carbocycles. The number of benzene rings is 1. The van der Waals surface area contributed by atoms with E-state index < -0.39 is 0 Å². The van der Waals surface area contributed by atoms with Gasteiger partial charge in [0.2, 0.25) is 5.76 Å². The second-order valence-electron chi connectivity index (χ2n) is 4.19. The fraction of sp³-hybridized carbons (Fsp3) is 0.231. The summed E-state index contributed by atoms with van der Waals surface area (Å²) in [5.74, 6) is 0.0484. The lowest BCUT2D eigenvalue weighted by Crippen LogP contribution is -2.13. The van der Waals surface area contributed by atoms with Gasteiger partial charge in [-0.1, -0.05) is 31.5 Å². The van der Waals surface area contributed by atoms with Crippen molar-refractivity contribution in [1.82, 2.24) is 4.98 Å². The molecule has 0 aliphatic carbocycles. The molecule has 2 aromatic rings. The molecule has 0 unspecified atom stereocenters. The molecule has 0 aliphatic rings. The van der Waals surface area contributed by atoms with Gasteiger partial charge < -0.3 is 9.73 Å². The van der Waals surface area contributed by atoms with Crippen molar-refractivity contribution in [2.45, 2.75) is 19.8 Å². The van der Waals surface area contributed by atoms with E-state index in [1.807, 2.05) is 13.8 Å². The Bertz CT molecular complexity index is 564. The Balaban J connectivity index is 2.20. The van der Waals surface area contributed by atoms with E-state index in [0.717, 1.165) is 0 Å². The van der Waals surface area contributed by atoms with Gasteiger partial charge in [-0.15, -0.1) is 0 Å². The van der Waals surface area contributed by atoms with Crippen LogP contribution in [0.5, 0.6) is 0 Å². The molecule has 0 atom stereocenters. The Hall–Kier alpha value is -1.81. The normalized spacial score (nSPS) is 10.7. The monoisotopic (exact) mass is 264 g/mol. The van der Waals surface area contributed by atoms with Gasteiger partial charge in [0.25, 0.3) is 5.91 Å². The Morgan fingerprint density at radius 3 is 2.89 bits per heavy atom. The lowest BCUT2D eigenvalue weighted by Gasteiger charge is -2.06. The Morgan fingerprint density at radius 1 is 1.44 bits per heavy atom. The number of aromatic nitrogens is 1.